The predicted molar refractivity (Wildman–Crippen MR) is 82.1 cm³/mol. The Hall–Kier alpha value is -1.17. The molecule has 0 amide bonds. The minimum Gasteiger partial charge on any atom is -0.496 e. The van der Waals surface area contributed by atoms with Crippen molar-refractivity contribution in [2.24, 2.45) is 5.73 Å². The van der Waals surface area contributed by atoms with Crippen LogP contribution in [-0.2, 0) is 11.3 Å². The maximum Gasteiger partial charge on any atom is 0.129 e. The lowest BCUT2D eigenvalue weighted by atomic mass is 10.1. The van der Waals surface area contributed by atoms with Crippen LogP contribution in [0, 0.1) is 0 Å². The van der Waals surface area contributed by atoms with E-state index in [0.717, 1.165) is 30.9 Å². The van der Waals surface area contributed by atoms with Gasteiger partial charge >= 0.3 is 0 Å². The summed E-state index contributed by atoms with van der Waals surface area (Å²) in [5, 5.41) is 0. The molecule has 5 heteroatoms. The molecular weight excluding hydrogens is 272 g/mol. The van der Waals surface area contributed by atoms with E-state index in [1.54, 1.807) is 7.11 Å². The molecule has 2 N–H and O–H groups in total. The van der Waals surface area contributed by atoms with Crippen LogP contribution in [0.25, 0.3) is 0 Å². The predicted octanol–water partition coefficient (Wildman–Crippen LogP) is 1.69. The molecule has 3 rings (SSSR count). The fraction of sp³-hybridized carbons (Fsp3) is 0.533. The van der Waals surface area contributed by atoms with Crippen molar-refractivity contribution in [3.63, 3.8) is 0 Å². The van der Waals surface area contributed by atoms with Gasteiger partial charge in [-0.05, 0) is 30.5 Å². The smallest absolute Gasteiger partial charge is 0.129 e. The van der Waals surface area contributed by atoms with E-state index in [9.17, 15) is 0 Å². The van der Waals surface area contributed by atoms with Crippen molar-refractivity contribution >= 4 is 17.2 Å². The van der Waals surface area contributed by atoms with E-state index in [4.69, 9.17) is 27.4 Å². The highest BCUT2D eigenvalue weighted by Crippen LogP contribution is 2.28. The molecule has 2 unspecified atom stereocenters. The second-order valence-corrected chi connectivity index (χ2v) is 5.99. The quantitative estimate of drug-likeness (QED) is 0.856. The Morgan fingerprint density at radius 2 is 2.10 bits per heavy atom. The van der Waals surface area contributed by atoms with Crippen molar-refractivity contribution in [2.75, 3.05) is 20.2 Å². The molecule has 0 aliphatic carbocycles. The number of rotatable bonds is 4. The lowest BCUT2D eigenvalue weighted by Gasteiger charge is -2.32. The zero-order chi connectivity index (χ0) is 14.1. The number of ether oxygens (including phenoxy) is 2. The number of benzene rings is 1. The third kappa shape index (κ3) is 2.80. The summed E-state index contributed by atoms with van der Waals surface area (Å²) in [6, 6.07) is 6.06. The highest BCUT2D eigenvalue weighted by molar-refractivity contribution is 7.80. The van der Waals surface area contributed by atoms with E-state index in [0.29, 0.717) is 17.2 Å². The molecule has 2 aliphatic heterocycles. The van der Waals surface area contributed by atoms with Gasteiger partial charge in [0.1, 0.15) is 10.7 Å². The number of methoxy groups -OCH3 is 1. The molecule has 2 aliphatic rings. The summed E-state index contributed by atoms with van der Waals surface area (Å²) in [6.07, 6.45) is 3.23. The summed E-state index contributed by atoms with van der Waals surface area (Å²) < 4.78 is 11.2. The number of likely N-dealkylation sites (tertiary alicyclic amines) is 1. The molecule has 2 fully saturated rings. The molecule has 2 saturated heterocycles. The SMILES string of the molecule is COc1ccc(CN2CC3CCC(C2)O3)cc1C(N)=S. The summed E-state index contributed by atoms with van der Waals surface area (Å²) in [7, 11) is 1.64. The Kier molecular flexibility index (Phi) is 3.92. The molecule has 0 saturated carbocycles. The molecular formula is C15H20N2O2S. The van der Waals surface area contributed by atoms with Gasteiger partial charge < -0.3 is 15.2 Å². The number of thiocarbonyl (C=S) groups is 1. The van der Waals surface area contributed by atoms with Gasteiger partial charge in [0.25, 0.3) is 0 Å². The highest BCUT2D eigenvalue weighted by atomic mass is 32.1. The first-order chi connectivity index (χ1) is 9.65. The molecule has 2 heterocycles. The van der Waals surface area contributed by atoms with Gasteiger partial charge in [-0.1, -0.05) is 18.3 Å². The fourth-order valence-electron chi connectivity index (χ4n) is 3.13. The first-order valence-corrected chi connectivity index (χ1v) is 7.41. The van der Waals surface area contributed by atoms with E-state index < -0.39 is 0 Å². The number of nitrogens with two attached hydrogens (primary N) is 1. The van der Waals surface area contributed by atoms with Gasteiger partial charge in [-0.3, -0.25) is 4.90 Å². The Morgan fingerprint density at radius 1 is 1.40 bits per heavy atom. The first-order valence-electron chi connectivity index (χ1n) is 7.00. The summed E-state index contributed by atoms with van der Waals surface area (Å²) in [5.41, 5.74) is 7.80. The second kappa shape index (κ2) is 5.68. The summed E-state index contributed by atoms with van der Waals surface area (Å²) >= 11 is 5.09. The van der Waals surface area contributed by atoms with Crippen molar-refractivity contribution in [1.82, 2.24) is 4.90 Å². The molecule has 0 spiro atoms. The number of hydrogen-bond acceptors (Lipinski definition) is 4. The maximum atomic E-state index is 5.86. The fourth-order valence-corrected chi connectivity index (χ4v) is 3.29. The molecule has 2 bridgehead atoms. The van der Waals surface area contributed by atoms with Crippen LogP contribution in [0.2, 0.25) is 0 Å². The largest absolute Gasteiger partial charge is 0.496 e. The molecule has 0 radical (unpaired) electrons. The van der Waals surface area contributed by atoms with Crippen molar-refractivity contribution in [3.8, 4) is 5.75 Å². The van der Waals surface area contributed by atoms with Gasteiger partial charge in [-0.2, -0.15) is 0 Å². The normalized spacial score (nSPS) is 25.6. The number of nitrogens with zero attached hydrogens (tertiary/aromatic N) is 1. The third-order valence-electron chi connectivity index (χ3n) is 4.05. The van der Waals surface area contributed by atoms with Gasteiger partial charge in [0, 0.05) is 19.6 Å². The number of fused-ring (bicyclic) bond motifs is 2. The summed E-state index contributed by atoms with van der Waals surface area (Å²) in [5.74, 6) is 0.739. The Labute approximate surface area is 124 Å². The summed E-state index contributed by atoms with van der Waals surface area (Å²) in [4.78, 5) is 2.84. The number of morpholine rings is 1. The van der Waals surface area contributed by atoms with Crippen LogP contribution in [0.3, 0.4) is 0 Å². The zero-order valence-electron chi connectivity index (χ0n) is 11.7. The van der Waals surface area contributed by atoms with E-state index in [-0.39, 0.29) is 0 Å². The Balaban J connectivity index is 1.74. The molecule has 0 aromatic heterocycles. The van der Waals surface area contributed by atoms with Gasteiger partial charge in [0.2, 0.25) is 0 Å². The van der Waals surface area contributed by atoms with Crippen LogP contribution in [0.4, 0.5) is 0 Å². The van der Waals surface area contributed by atoms with E-state index in [2.05, 4.69) is 11.0 Å². The number of hydrogen-bond donors (Lipinski definition) is 1. The van der Waals surface area contributed by atoms with E-state index in [1.165, 1.54) is 18.4 Å². The highest BCUT2D eigenvalue weighted by Gasteiger charge is 2.33. The topological polar surface area (TPSA) is 47.7 Å². The van der Waals surface area contributed by atoms with E-state index in [1.807, 2.05) is 12.1 Å². The average molecular weight is 292 g/mol. The molecule has 1 aromatic rings. The van der Waals surface area contributed by atoms with Gasteiger partial charge in [-0.25, -0.2) is 0 Å². The minimum absolute atomic E-state index is 0.380. The summed E-state index contributed by atoms with van der Waals surface area (Å²) in [6.45, 7) is 2.95. The van der Waals surface area contributed by atoms with Crippen LogP contribution in [0.1, 0.15) is 24.0 Å². The van der Waals surface area contributed by atoms with Crippen molar-refractivity contribution in [3.05, 3.63) is 29.3 Å². The van der Waals surface area contributed by atoms with Crippen LogP contribution in [0.5, 0.6) is 5.75 Å². The maximum absolute atomic E-state index is 5.86. The van der Waals surface area contributed by atoms with Gasteiger partial charge in [-0.15, -0.1) is 0 Å². The van der Waals surface area contributed by atoms with Crippen LogP contribution >= 0.6 is 12.2 Å². The third-order valence-corrected chi connectivity index (χ3v) is 4.27. The monoisotopic (exact) mass is 292 g/mol. The van der Waals surface area contributed by atoms with Crippen LogP contribution in [0.15, 0.2) is 18.2 Å². The van der Waals surface area contributed by atoms with Crippen molar-refractivity contribution < 1.29 is 9.47 Å². The average Bonchev–Trinajstić information content (AvgIpc) is 2.78. The molecule has 20 heavy (non-hydrogen) atoms. The second-order valence-electron chi connectivity index (χ2n) is 5.55. The first kappa shape index (κ1) is 13.8. The minimum atomic E-state index is 0.380. The van der Waals surface area contributed by atoms with Gasteiger partial charge in [0.05, 0.1) is 24.9 Å². The van der Waals surface area contributed by atoms with Crippen LogP contribution < -0.4 is 10.5 Å². The Bertz CT molecular complexity index is 509. The van der Waals surface area contributed by atoms with E-state index >= 15 is 0 Å². The zero-order valence-corrected chi connectivity index (χ0v) is 12.5. The Morgan fingerprint density at radius 3 is 2.70 bits per heavy atom. The van der Waals surface area contributed by atoms with Crippen molar-refractivity contribution in [1.29, 1.82) is 0 Å². The lowest BCUT2D eigenvalue weighted by molar-refractivity contribution is -0.0410. The molecule has 4 nitrogen and oxygen atoms in total. The lowest BCUT2D eigenvalue weighted by Crippen LogP contribution is -2.41. The van der Waals surface area contributed by atoms with Crippen molar-refractivity contribution in [2.45, 2.75) is 31.6 Å². The molecule has 2 atom stereocenters. The standard InChI is InChI=1S/C15H20N2O2S/c1-18-14-5-2-10(6-13(14)15(16)20)7-17-8-11-3-4-12(9-17)19-11/h2,5-6,11-12H,3-4,7-9H2,1H3,(H2,16,20). The van der Waals surface area contributed by atoms with Gasteiger partial charge in [0.15, 0.2) is 0 Å². The van der Waals surface area contributed by atoms with Crippen LogP contribution in [-0.4, -0.2) is 42.3 Å². The molecule has 108 valence electrons. The molecule has 1 aromatic carbocycles.